The number of carboxylic acid groups (broad SMARTS) is 1. The molecule has 1 saturated heterocycles. The Hall–Kier alpha value is -2.03. The number of hydrogen-bond acceptors (Lipinski definition) is 4. The summed E-state index contributed by atoms with van der Waals surface area (Å²) in [5.74, 6) is -1.71. The largest absolute Gasteiger partial charge is 0.481 e. The van der Waals surface area contributed by atoms with Gasteiger partial charge in [0, 0.05) is 20.1 Å². The summed E-state index contributed by atoms with van der Waals surface area (Å²) >= 11 is 0. The van der Waals surface area contributed by atoms with Crippen molar-refractivity contribution in [2.24, 2.45) is 11.7 Å². The second-order valence-corrected chi connectivity index (χ2v) is 4.18. The molecule has 0 aliphatic carbocycles. The molecule has 2 unspecified atom stereocenters. The summed E-state index contributed by atoms with van der Waals surface area (Å²) in [5, 5.41) is 13.9. The quantitative estimate of drug-likeness (QED) is 0.448. The van der Waals surface area contributed by atoms with Crippen LogP contribution in [0.15, 0.2) is 0 Å². The first-order valence-electron chi connectivity index (χ1n) is 5.78. The monoisotopic (exact) mass is 274 g/mol. The van der Waals surface area contributed by atoms with E-state index in [2.05, 4.69) is 10.6 Å². The lowest BCUT2D eigenvalue weighted by atomic mass is 10.0. The van der Waals surface area contributed by atoms with E-state index in [-0.39, 0.29) is 26.3 Å². The molecule has 1 aliphatic rings. The third-order valence-corrected chi connectivity index (χ3v) is 2.89. The number of likely N-dealkylation sites (N-methyl/N-ethyl adjacent to an activating group) is 1. The van der Waals surface area contributed by atoms with Crippen LogP contribution in [0.2, 0.25) is 0 Å². The molecular weight excluding hydrogens is 256 g/mol. The van der Waals surface area contributed by atoms with Crippen molar-refractivity contribution in [3.05, 3.63) is 0 Å². The molecule has 5 N–H and O–H groups in total. The van der Waals surface area contributed by atoms with Crippen molar-refractivity contribution in [1.82, 2.24) is 15.5 Å². The highest BCUT2D eigenvalue weighted by molar-refractivity contribution is 5.77. The molecule has 1 fully saturated rings. The number of primary amides is 1. The zero-order valence-corrected chi connectivity index (χ0v) is 10.6. The average molecular weight is 274 g/mol. The molecule has 0 spiro atoms. The fourth-order valence-electron chi connectivity index (χ4n) is 1.79. The molecule has 1 heterocycles. The Morgan fingerprint density at radius 3 is 2.53 bits per heavy atom. The van der Waals surface area contributed by atoms with Gasteiger partial charge in [0.1, 0.15) is 5.92 Å². The molecule has 4 amide bonds. The van der Waals surface area contributed by atoms with E-state index in [0.717, 1.165) is 0 Å². The number of aliphatic carboxylic acids is 1. The fourth-order valence-corrected chi connectivity index (χ4v) is 1.79. The minimum atomic E-state index is -0.988. The third kappa shape index (κ3) is 4.28. The molecular formula is C10H18N4O5. The van der Waals surface area contributed by atoms with Crippen LogP contribution >= 0.6 is 0 Å². The molecule has 0 aromatic carbocycles. The van der Waals surface area contributed by atoms with Crippen LogP contribution in [0.4, 0.5) is 9.59 Å². The third-order valence-electron chi connectivity index (χ3n) is 2.89. The molecule has 9 nitrogen and oxygen atoms in total. The van der Waals surface area contributed by atoms with Crippen molar-refractivity contribution in [2.75, 3.05) is 33.4 Å². The van der Waals surface area contributed by atoms with Crippen molar-refractivity contribution in [1.29, 1.82) is 0 Å². The van der Waals surface area contributed by atoms with E-state index in [1.165, 1.54) is 11.9 Å². The molecule has 9 heteroatoms. The molecule has 1 rings (SSSR count). The fraction of sp³-hybridized carbons (Fsp3) is 0.700. The molecule has 0 radical (unpaired) electrons. The van der Waals surface area contributed by atoms with Crippen molar-refractivity contribution in [3.8, 4) is 0 Å². The Kier molecular flexibility index (Phi) is 5.37. The first-order valence-corrected chi connectivity index (χ1v) is 5.78. The standard InChI is InChI=1S/C10H18N4O5/c1-14(7-5-19-4-6(7)8(15)16)10(18)13-3-2-12-9(11)17/h6-7H,2-5H2,1H3,(H,13,18)(H,15,16)(H3,11,12,17). The van der Waals surface area contributed by atoms with E-state index in [4.69, 9.17) is 15.6 Å². The Morgan fingerprint density at radius 2 is 1.95 bits per heavy atom. The lowest BCUT2D eigenvalue weighted by Gasteiger charge is -2.26. The maximum atomic E-state index is 11.8. The van der Waals surface area contributed by atoms with Crippen LogP contribution in [0.5, 0.6) is 0 Å². The molecule has 0 aromatic rings. The van der Waals surface area contributed by atoms with Gasteiger partial charge in [-0.15, -0.1) is 0 Å². The summed E-state index contributed by atoms with van der Waals surface area (Å²) in [4.78, 5) is 34.5. The van der Waals surface area contributed by atoms with E-state index >= 15 is 0 Å². The Bertz CT molecular complexity index is 362. The maximum Gasteiger partial charge on any atom is 0.317 e. The highest BCUT2D eigenvalue weighted by Crippen LogP contribution is 2.18. The van der Waals surface area contributed by atoms with Crippen LogP contribution in [0.3, 0.4) is 0 Å². The van der Waals surface area contributed by atoms with Gasteiger partial charge in [-0.25, -0.2) is 9.59 Å². The van der Waals surface area contributed by atoms with Gasteiger partial charge in [0.05, 0.1) is 19.3 Å². The van der Waals surface area contributed by atoms with Crippen LogP contribution in [-0.4, -0.2) is 67.4 Å². The summed E-state index contributed by atoms with van der Waals surface area (Å²) in [6, 6.07) is -1.59. The molecule has 0 bridgehead atoms. The summed E-state index contributed by atoms with van der Waals surface area (Å²) in [6.45, 7) is 0.705. The van der Waals surface area contributed by atoms with Gasteiger partial charge < -0.3 is 31.1 Å². The Labute approximate surface area is 110 Å². The zero-order valence-electron chi connectivity index (χ0n) is 10.6. The van der Waals surface area contributed by atoms with Gasteiger partial charge in [-0.2, -0.15) is 0 Å². The summed E-state index contributed by atoms with van der Waals surface area (Å²) in [7, 11) is 1.51. The van der Waals surface area contributed by atoms with Gasteiger partial charge in [-0.05, 0) is 0 Å². The van der Waals surface area contributed by atoms with Crippen molar-refractivity contribution >= 4 is 18.0 Å². The Morgan fingerprint density at radius 1 is 1.32 bits per heavy atom. The molecule has 0 saturated carbocycles. The van der Waals surface area contributed by atoms with E-state index in [9.17, 15) is 14.4 Å². The number of carbonyl (C=O) groups excluding carboxylic acids is 2. The van der Waals surface area contributed by atoms with Crippen LogP contribution in [0.1, 0.15) is 0 Å². The second kappa shape index (κ2) is 6.78. The average Bonchev–Trinajstić information content (AvgIpc) is 2.82. The lowest BCUT2D eigenvalue weighted by Crippen LogP contribution is -2.49. The van der Waals surface area contributed by atoms with Gasteiger partial charge in [0.2, 0.25) is 0 Å². The normalized spacial score (nSPS) is 21.7. The number of ether oxygens (including phenoxy) is 1. The van der Waals surface area contributed by atoms with Crippen LogP contribution in [0, 0.1) is 5.92 Å². The number of rotatable bonds is 5. The van der Waals surface area contributed by atoms with Gasteiger partial charge in [0.15, 0.2) is 0 Å². The zero-order chi connectivity index (χ0) is 14.4. The maximum absolute atomic E-state index is 11.8. The number of hydrogen-bond donors (Lipinski definition) is 4. The summed E-state index contributed by atoms with van der Waals surface area (Å²) in [6.07, 6.45) is 0. The van der Waals surface area contributed by atoms with Crippen molar-refractivity contribution in [2.45, 2.75) is 6.04 Å². The first-order chi connectivity index (χ1) is 8.93. The SMILES string of the molecule is CN(C(=O)NCCNC(N)=O)C1COCC1C(=O)O. The highest BCUT2D eigenvalue weighted by Gasteiger charge is 2.38. The van der Waals surface area contributed by atoms with E-state index in [0.29, 0.717) is 0 Å². The topological polar surface area (TPSA) is 134 Å². The highest BCUT2D eigenvalue weighted by atomic mass is 16.5. The van der Waals surface area contributed by atoms with Crippen LogP contribution < -0.4 is 16.4 Å². The lowest BCUT2D eigenvalue weighted by molar-refractivity contribution is -0.142. The molecule has 1 aliphatic heterocycles. The van der Waals surface area contributed by atoms with Gasteiger partial charge in [-0.3, -0.25) is 4.79 Å². The first kappa shape index (κ1) is 15.0. The number of urea groups is 2. The predicted molar refractivity (Wildman–Crippen MR) is 64.5 cm³/mol. The molecule has 19 heavy (non-hydrogen) atoms. The van der Waals surface area contributed by atoms with E-state index in [1.807, 2.05) is 0 Å². The van der Waals surface area contributed by atoms with Gasteiger partial charge in [-0.1, -0.05) is 0 Å². The second-order valence-electron chi connectivity index (χ2n) is 4.18. The molecule has 2 atom stereocenters. The minimum absolute atomic E-state index is 0.0981. The van der Waals surface area contributed by atoms with E-state index in [1.54, 1.807) is 0 Å². The number of carboxylic acids is 1. The summed E-state index contributed by atoms with van der Waals surface area (Å²) in [5.41, 5.74) is 4.87. The van der Waals surface area contributed by atoms with Crippen molar-refractivity contribution < 1.29 is 24.2 Å². The van der Waals surface area contributed by atoms with Crippen LogP contribution in [0.25, 0.3) is 0 Å². The number of nitrogens with one attached hydrogen (secondary N) is 2. The molecule has 108 valence electrons. The molecule has 0 aromatic heterocycles. The number of nitrogens with two attached hydrogens (primary N) is 1. The Balaban J connectivity index is 2.39. The minimum Gasteiger partial charge on any atom is -0.481 e. The van der Waals surface area contributed by atoms with E-state index < -0.39 is 30.0 Å². The van der Waals surface area contributed by atoms with Gasteiger partial charge >= 0.3 is 18.0 Å². The smallest absolute Gasteiger partial charge is 0.317 e. The summed E-state index contributed by atoms with van der Waals surface area (Å²) < 4.78 is 5.08. The van der Waals surface area contributed by atoms with Crippen LogP contribution in [-0.2, 0) is 9.53 Å². The number of carbonyl (C=O) groups is 3. The number of nitrogens with zero attached hydrogens (tertiary/aromatic N) is 1. The van der Waals surface area contributed by atoms with Crippen molar-refractivity contribution in [3.63, 3.8) is 0 Å². The predicted octanol–water partition coefficient (Wildman–Crippen LogP) is -1.60. The van der Waals surface area contributed by atoms with Gasteiger partial charge in [0.25, 0.3) is 0 Å². The number of amides is 4.